The molecule has 1 N–H and O–H groups in total. The number of carbonyl (C=O) groups excluding carboxylic acids is 1. The number of likely N-dealkylation sites (tertiary alicyclic amines) is 1. The Labute approximate surface area is 107 Å². The van der Waals surface area contributed by atoms with Gasteiger partial charge in [-0.15, -0.1) is 0 Å². The van der Waals surface area contributed by atoms with Crippen LogP contribution in [0.25, 0.3) is 0 Å². The van der Waals surface area contributed by atoms with E-state index in [-0.39, 0.29) is 12.1 Å². The highest BCUT2D eigenvalue weighted by atomic mass is 16.5. The number of aromatic nitrogens is 1. The molecule has 2 rings (SSSR count). The first-order valence-electron chi connectivity index (χ1n) is 6.23. The molecule has 5 heteroatoms. The van der Waals surface area contributed by atoms with E-state index < -0.39 is 0 Å². The van der Waals surface area contributed by atoms with Crippen LogP contribution in [0.2, 0.25) is 0 Å². The van der Waals surface area contributed by atoms with Crippen LogP contribution in [0.1, 0.15) is 12.5 Å². The predicted molar refractivity (Wildman–Crippen MR) is 67.9 cm³/mol. The average molecular weight is 249 g/mol. The molecule has 0 amide bonds. The van der Waals surface area contributed by atoms with E-state index in [2.05, 4.69) is 15.2 Å². The SMILES string of the molecule is CC(=O)OC1CN(CNCCc2ccncc2)C1. The molecule has 1 aromatic heterocycles. The molecule has 0 aliphatic carbocycles. The van der Waals surface area contributed by atoms with Crippen molar-refractivity contribution in [1.29, 1.82) is 0 Å². The topological polar surface area (TPSA) is 54.5 Å². The average Bonchev–Trinajstić information content (AvgIpc) is 2.31. The van der Waals surface area contributed by atoms with Gasteiger partial charge in [-0.1, -0.05) is 0 Å². The van der Waals surface area contributed by atoms with Gasteiger partial charge in [0.1, 0.15) is 6.10 Å². The lowest BCUT2D eigenvalue weighted by Crippen LogP contribution is -2.55. The molecule has 1 aromatic rings. The smallest absolute Gasteiger partial charge is 0.302 e. The molecule has 0 atom stereocenters. The molecule has 1 aliphatic rings. The fraction of sp³-hybridized carbons (Fsp3) is 0.538. The van der Waals surface area contributed by atoms with Crippen molar-refractivity contribution in [3.63, 3.8) is 0 Å². The van der Waals surface area contributed by atoms with E-state index in [9.17, 15) is 4.79 Å². The summed E-state index contributed by atoms with van der Waals surface area (Å²) in [7, 11) is 0. The Hall–Kier alpha value is -1.46. The van der Waals surface area contributed by atoms with Gasteiger partial charge in [0.25, 0.3) is 0 Å². The molecule has 2 heterocycles. The molecule has 0 unspecified atom stereocenters. The number of rotatable bonds is 6. The molecule has 98 valence electrons. The van der Waals surface area contributed by atoms with Gasteiger partial charge in [0, 0.05) is 45.6 Å². The van der Waals surface area contributed by atoms with Gasteiger partial charge in [-0.25, -0.2) is 0 Å². The Kier molecular flexibility index (Phi) is 4.66. The number of nitrogens with zero attached hydrogens (tertiary/aromatic N) is 2. The third-order valence-electron chi connectivity index (χ3n) is 2.93. The van der Waals surface area contributed by atoms with Crippen molar-refractivity contribution in [3.05, 3.63) is 30.1 Å². The van der Waals surface area contributed by atoms with Crippen molar-refractivity contribution in [2.75, 3.05) is 26.3 Å². The molecule has 0 aromatic carbocycles. The van der Waals surface area contributed by atoms with Gasteiger partial charge < -0.3 is 10.1 Å². The first kappa shape index (κ1) is 13.0. The van der Waals surface area contributed by atoms with E-state index in [0.717, 1.165) is 32.7 Å². The molecule has 18 heavy (non-hydrogen) atoms. The van der Waals surface area contributed by atoms with Crippen LogP contribution in [-0.2, 0) is 16.0 Å². The van der Waals surface area contributed by atoms with Crippen LogP contribution >= 0.6 is 0 Å². The maximum atomic E-state index is 10.7. The summed E-state index contributed by atoms with van der Waals surface area (Å²) in [6.07, 6.45) is 4.72. The summed E-state index contributed by atoms with van der Waals surface area (Å²) < 4.78 is 5.08. The van der Waals surface area contributed by atoms with Crippen LogP contribution in [0.5, 0.6) is 0 Å². The minimum atomic E-state index is -0.190. The fourth-order valence-corrected chi connectivity index (χ4v) is 1.98. The largest absolute Gasteiger partial charge is 0.460 e. The normalized spacial score (nSPS) is 16.3. The van der Waals surface area contributed by atoms with E-state index in [1.165, 1.54) is 12.5 Å². The third-order valence-corrected chi connectivity index (χ3v) is 2.93. The van der Waals surface area contributed by atoms with Crippen LogP contribution < -0.4 is 5.32 Å². The van der Waals surface area contributed by atoms with E-state index in [4.69, 9.17) is 4.74 Å². The Morgan fingerprint density at radius 2 is 2.22 bits per heavy atom. The molecule has 0 saturated carbocycles. The first-order valence-corrected chi connectivity index (χ1v) is 6.23. The van der Waals surface area contributed by atoms with E-state index in [0.29, 0.717) is 0 Å². The van der Waals surface area contributed by atoms with Gasteiger partial charge in [-0.05, 0) is 24.1 Å². The van der Waals surface area contributed by atoms with Crippen molar-refractivity contribution < 1.29 is 9.53 Å². The zero-order chi connectivity index (χ0) is 12.8. The van der Waals surface area contributed by atoms with Crippen molar-refractivity contribution in [2.24, 2.45) is 0 Å². The molecule has 0 bridgehead atoms. The summed E-state index contributed by atoms with van der Waals surface area (Å²) >= 11 is 0. The zero-order valence-electron chi connectivity index (χ0n) is 10.6. The standard InChI is InChI=1S/C13H19N3O2/c1-11(17)18-13-8-16(9-13)10-15-7-4-12-2-5-14-6-3-12/h2-3,5-6,13,15H,4,7-10H2,1H3. The number of hydrogen-bond donors (Lipinski definition) is 1. The number of pyridine rings is 1. The number of esters is 1. The van der Waals surface area contributed by atoms with Gasteiger partial charge in [-0.3, -0.25) is 14.7 Å². The highest BCUT2D eigenvalue weighted by Crippen LogP contribution is 2.10. The van der Waals surface area contributed by atoms with Crippen LogP contribution in [-0.4, -0.2) is 48.3 Å². The minimum absolute atomic E-state index is 0.0875. The molecular weight excluding hydrogens is 230 g/mol. The molecule has 0 spiro atoms. The van der Waals surface area contributed by atoms with Crippen molar-refractivity contribution >= 4 is 5.97 Å². The first-order chi connectivity index (χ1) is 8.74. The van der Waals surface area contributed by atoms with Gasteiger partial charge in [0.15, 0.2) is 0 Å². The van der Waals surface area contributed by atoms with Crippen molar-refractivity contribution in [1.82, 2.24) is 15.2 Å². The van der Waals surface area contributed by atoms with E-state index in [1.807, 2.05) is 24.5 Å². The third kappa shape index (κ3) is 4.09. The number of ether oxygens (including phenoxy) is 1. The molecular formula is C13H19N3O2. The highest BCUT2D eigenvalue weighted by molar-refractivity contribution is 5.66. The molecule has 1 saturated heterocycles. The lowest BCUT2D eigenvalue weighted by atomic mass is 10.2. The summed E-state index contributed by atoms with van der Waals surface area (Å²) in [6.45, 7) is 4.92. The van der Waals surface area contributed by atoms with Gasteiger partial charge in [0.05, 0.1) is 0 Å². The number of nitrogens with one attached hydrogen (secondary N) is 1. The van der Waals surface area contributed by atoms with Gasteiger partial charge >= 0.3 is 5.97 Å². The second-order valence-corrected chi connectivity index (χ2v) is 4.53. The van der Waals surface area contributed by atoms with Crippen LogP contribution in [0.15, 0.2) is 24.5 Å². The van der Waals surface area contributed by atoms with Crippen LogP contribution in [0, 0.1) is 0 Å². The van der Waals surface area contributed by atoms with Gasteiger partial charge in [-0.2, -0.15) is 0 Å². The van der Waals surface area contributed by atoms with Crippen molar-refractivity contribution in [3.8, 4) is 0 Å². The van der Waals surface area contributed by atoms with Gasteiger partial charge in [0.2, 0.25) is 0 Å². The lowest BCUT2D eigenvalue weighted by molar-refractivity contribution is -0.154. The van der Waals surface area contributed by atoms with Crippen molar-refractivity contribution in [2.45, 2.75) is 19.4 Å². The number of carbonyl (C=O) groups is 1. The highest BCUT2D eigenvalue weighted by Gasteiger charge is 2.28. The predicted octanol–water partition coefficient (Wildman–Crippen LogP) is 0.418. The monoisotopic (exact) mass is 249 g/mol. The van der Waals surface area contributed by atoms with E-state index in [1.54, 1.807) is 0 Å². The summed E-state index contributed by atoms with van der Waals surface area (Å²) in [6, 6.07) is 4.06. The molecule has 5 nitrogen and oxygen atoms in total. The number of hydrogen-bond acceptors (Lipinski definition) is 5. The Morgan fingerprint density at radius 3 is 2.89 bits per heavy atom. The van der Waals surface area contributed by atoms with Crippen LogP contribution in [0.4, 0.5) is 0 Å². The molecule has 1 fully saturated rings. The second kappa shape index (κ2) is 6.47. The quantitative estimate of drug-likeness (QED) is 0.585. The van der Waals surface area contributed by atoms with Crippen LogP contribution in [0.3, 0.4) is 0 Å². The lowest BCUT2D eigenvalue weighted by Gasteiger charge is -2.38. The molecule has 1 aliphatic heterocycles. The second-order valence-electron chi connectivity index (χ2n) is 4.53. The summed E-state index contributed by atoms with van der Waals surface area (Å²) in [4.78, 5) is 16.9. The maximum Gasteiger partial charge on any atom is 0.302 e. The Morgan fingerprint density at radius 1 is 1.50 bits per heavy atom. The van der Waals surface area contributed by atoms with E-state index >= 15 is 0 Å². The summed E-state index contributed by atoms with van der Waals surface area (Å²) in [5, 5.41) is 3.37. The summed E-state index contributed by atoms with van der Waals surface area (Å²) in [5.41, 5.74) is 1.29. The summed E-state index contributed by atoms with van der Waals surface area (Å²) in [5.74, 6) is -0.190. The zero-order valence-corrected chi connectivity index (χ0v) is 10.6. The fourth-order valence-electron chi connectivity index (χ4n) is 1.98. The Bertz CT molecular complexity index is 377. The molecule has 0 radical (unpaired) electrons. The Balaban J connectivity index is 1.52. The minimum Gasteiger partial charge on any atom is -0.460 e. The maximum absolute atomic E-state index is 10.7.